The molecule has 0 bridgehead atoms. The molecule has 1 nitrogen and oxygen atoms in total. The minimum atomic E-state index is -0.136. The molecular weight excluding hydrogens is 256 g/mol. The second kappa shape index (κ2) is 5.94. The molecular formula is C20H30O. The van der Waals surface area contributed by atoms with Gasteiger partial charge in [0.2, 0.25) is 0 Å². The van der Waals surface area contributed by atoms with Crippen LogP contribution in [0.2, 0.25) is 0 Å². The van der Waals surface area contributed by atoms with Crippen LogP contribution in [0, 0.1) is 22.7 Å². The summed E-state index contributed by atoms with van der Waals surface area (Å²) in [5, 5.41) is 0. The average molecular weight is 286 g/mol. The minimum Gasteiger partial charge on any atom is -0.303 e. The molecule has 0 aromatic heterocycles. The molecule has 0 spiro atoms. The molecule has 2 rings (SSSR count). The quantitative estimate of drug-likeness (QED) is 0.379. The third kappa shape index (κ3) is 2.80. The topological polar surface area (TPSA) is 17.1 Å². The number of carbonyl (C=O) groups excluding carboxylic acids is 1. The average Bonchev–Trinajstić information content (AvgIpc) is 2.45. The van der Waals surface area contributed by atoms with E-state index in [2.05, 4.69) is 40.0 Å². The minimum absolute atomic E-state index is 0.136. The summed E-state index contributed by atoms with van der Waals surface area (Å²) in [5.74, 6) is 1.01. The molecule has 0 unspecified atom stereocenters. The zero-order valence-corrected chi connectivity index (χ0v) is 14.0. The van der Waals surface area contributed by atoms with Crippen LogP contribution in [0.1, 0.15) is 59.3 Å². The molecule has 0 heterocycles. The number of carbonyl (C=O) groups is 1. The standard InChI is InChI=1S/C20H30O/c1-6-15(2)8-10-17-16(3)9-11-18-19(4,14-21)12-7-13-20(17,18)5/h6,8,14,17-18H,1,3,7,9-13H2,2,4-5H3/b15-8-/t17-,18-,19-,20+/m1/s1. The normalized spacial score (nSPS) is 40.5. The van der Waals surface area contributed by atoms with Gasteiger partial charge >= 0.3 is 0 Å². The van der Waals surface area contributed by atoms with Crippen LogP contribution in [0.4, 0.5) is 0 Å². The molecule has 2 aliphatic carbocycles. The van der Waals surface area contributed by atoms with Gasteiger partial charge < -0.3 is 4.79 Å². The van der Waals surface area contributed by atoms with Crippen LogP contribution in [0.25, 0.3) is 0 Å². The van der Waals surface area contributed by atoms with Gasteiger partial charge in [-0.05, 0) is 56.3 Å². The molecule has 1 heteroatoms. The summed E-state index contributed by atoms with van der Waals surface area (Å²) in [4.78, 5) is 11.7. The largest absolute Gasteiger partial charge is 0.303 e. The first-order valence-electron chi connectivity index (χ1n) is 8.30. The Morgan fingerprint density at radius 2 is 2.10 bits per heavy atom. The number of hydrogen-bond donors (Lipinski definition) is 0. The Kier molecular flexibility index (Phi) is 4.60. The molecule has 2 fully saturated rings. The monoisotopic (exact) mass is 286 g/mol. The number of aldehydes is 1. The highest BCUT2D eigenvalue weighted by atomic mass is 16.1. The van der Waals surface area contributed by atoms with Crippen molar-refractivity contribution in [3.8, 4) is 0 Å². The van der Waals surface area contributed by atoms with Crippen LogP contribution in [0.15, 0.2) is 36.5 Å². The molecule has 0 aliphatic heterocycles. The number of fused-ring (bicyclic) bond motifs is 1. The van der Waals surface area contributed by atoms with E-state index in [0.717, 1.165) is 32.1 Å². The lowest BCUT2D eigenvalue weighted by Crippen LogP contribution is -2.51. The van der Waals surface area contributed by atoms with Gasteiger partial charge in [0.15, 0.2) is 0 Å². The highest BCUT2D eigenvalue weighted by Gasteiger charge is 2.54. The Labute approximate surface area is 130 Å². The number of hydrogen-bond acceptors (Lipinski definition) is 1. The molecule has 0 amide bonds. The zero-order valence-electron chi connectivity index (χ0n) is 14.0. The summed E-state index contributed by atoms with van der Waals surface area (Å²) < 4.78 is 0. The van der Waals surface area contributed by atoms with Gasteiger partial charge in [-0.1, -0.05) is 56.7 Å². The fourth-order valence-corrected chi connectivity index (χ4v) is 4.96. The van der Waals surface area contributed by atoms with Gasteiger partial charge in [-0.3, -0.25) is 0 Å². The van der Waals surface area contributed by atoms with Crippen molar-refractivity contribution in [1.82, 2.24) is 0 Å². The van der Waals surface area contributed by atoms with E-state index in [1.807, 2.05) is 6.08 Å². The molecule has 0 N–H and O–H groups in total. The Balaban J connectivity index is 2.33. The zero-order chi connectivity index (χ0) is 15.7. The second-order valence-electron chi connectivity index (χ2n) is 7.67. The highest BCUT2D eigenvalue weighted by Crippen LogP contribution is 2.61. The van der Waals surface area contributed by atoms with Gasteiger partial charge in [0.05, 0.1) is 0 Å². The Bertz CT molecular complexity index is 472. The molecule has 4 atom stereocenters. The van der Waals surface area contributed by atoms with Crippen molar-refractivity contribution in [2.24, 2.45) is 22.7 Å². The SMILES string of the molecule is C=C/C(C)=C\C[C@@H]1C(=C)CC[C@H]2[C@@]1(C)CCC[C@]2(C)C=O. The summed E-state index contributed by atoms with van der Waals surface area (Å²) in [6, 6.07) is 0. The lowest BCUT2D eigenvalue weighted by atomic mass is 9.47. The molecule has 0 aromatic carbocycles. The van der Waals surface area contributed by atoms with E-state index >= 15 is 0 Å². The van der Waals surface area contributed by atoms with Crippen molar-refractivity contribution in [2.45, 2.75) is 59.3 Å². The van der Waals surface area contributed by atoms with Gasteiger partial charge in [-0.25, -0.2) is 0 Å². The van der Waals surface area contributed by atoms with E-state index in [4.69, 9.17) is 0 Å². The van der Waals surface area contributed by atoms with Crippen molar-refractivity contribution >= 4 is 6.29 Å². The number of allylic oxidation sites excluding steroid dienone is 4. The van der Waals surface area contributed by atoms with Crippen molar-refractivity contribution < 1.29 is 4.79 Å². The van der Waals surface area contributed by atoms with E-state index in [0.29, 0.717) is 11.8 Å². The molecule has 2 saturated carbocycles. The van der Waals surface area contributed by atoms with Crippen LogP contribution in [-0.4, -0.2) is 6.29 Å². The molecule has 0 radical (unpaired) electrons. The molecule has 0 aromatic rings. The summed E-state index contributed by atoms with van der Waals surface area (Å²) >= 11 is 0. The Hall–Kier alpha value is -1.11. The van der Waals surface area contributed by atoms with Gasteiger partial charge in [-0.15, -0.1) is 0 Å². The van der Waals surface area contributed by atoms with Gasteiger partial charge in [0.25, 0.3) is 0 Å². The van der Waals surface area contributed by atoms with Crippen LogP contribution in [0.5, 0.6) is 0 Å². The summed E-state index contributed by atoms with van der Waals surface area (Å²) in [6.45, 7) is 14.9. The van der Waals surface area contributed by atoms with Gasteiger partial charge in [0, 0.05) is 5.41 Å². The fourth-order valence-electron chi connectivity index (χ4n) is 4.96. The maximum atomic E-state index is 11.7. The van der Waals surface area contributed by atoms with E-state index in [1.54, 1.807) is 0 Å². The predicted molar refractivity (Wildman–Crippen MR) is 90.1 cm³/mol. The molecule has 116 valence electrons. The first-order chi connectivity index (χ1) is 9.87. The highest BCUT2D eigenvalue weighted by molar-refractivity contribution is 5.60. The maximum absolute atomic E-state index is 11.7. The fraction of sp³-hybridized carbons (Fsp3) is 0.650. The third-order valence-electron chi connectivity index (χ3n) is 6.33. The summed E-state index contributed by atoms with van der Waals surface area (Å²) in [7, 11) is 0. The van der Waals surface area contributed by atoms with E-state index in [-0.39, 0.29) is 10.8 Å². The van der Waals surface area contributed by atoms with Crippen molar-refractivity contribution in [3.63, 3.8) is 0 Å². The van der Waals surface area contributed by atoms with E-state index in [9.17, 15) is 4.79 Å². The van der Waals surface area contributed by atoms with Crippen LogP contribution >= 0.6 is 0 Å². The molecule has 0 saturated heterocycles. The lowest BCUT2D eigenvalue weighted by Gasteiger charge is -2.57. The Morgan fingerprint density at radius 1 is 1.38 bits per heavy atom. The smallest absolute Gasteiger partial charge is 0.126 e. The molecule has 21 heavy (non-hydrogen) atoms. The van der Waals surface area contributed by atoms with Crippen LogP contribution in [0.3, 0.4) is 0 Å². The maximum Gasteiger partial charge on any atom is 0.126 e. The van der Waals surface area contributed by atoms with Crippen molar-refractivity contribution in [3.05, 3.63) is 36.5 Å². The van der Waals surface area contributed by atoms with Gasteiger partial charge in [0.1, 0.15) is 6.29 Å². The first-order valence-corrected chi connectivity index (χ1v) is 8.30. The summed E-state index contributed by atoms with van der Waals surface area (Å²) in [6.07, 6.45) is 12.1. The first kappa shape index (κ1) is 16.3. The van der Waals surface area contributed by atoms with Gasteiger partial charge in [-0.2, -0.15) is 0 Å². The second-order valence-corrected chi connectivity index (χ2v) is 7.67. The lowest BCUT2D eigenvalue weighted by molar-refractivity contribution is -0.130. The predicted octanol–water partition coefficient (Wildman–Crippen LogP) is 5.49. The molecule has 2 aliphatic rings. The third-order valence-corrected chi connectivity index (χ3v) is 6.33. The number of rotatable bonds is 4. The van der Waals surface area contributed by atoms with Crippen molar-refractivity contribution in [1.29, 1.82) is 0 Å². The van der Waals surface area contributed by atoms with Crippen molar-refractivity contribution in [2.75, 3.05) is 0 Å². The van der Waals surface area contributed by atoms with E-state index < -0.39 is 0 Å². The summed E-state index contributed by atoms with van der Waals surface area (Å²) in [5.41, 5.74) is 2.71. The van der Waals surface area contributed by atoms with Crippen LogP contribution in [-0.2, 0) is 4.79 Å². The Morgan fingerprint density at radius 3 is 2.71 bits per heavy atom. The van der Waals surface area contributed by atoms with E-state index in [1.165, 1.54) is 23.9 Å². The van der Waals surface area contributed by atoms with Crippen LogP contribution < -0.4 is 0 Å².